The molecule has 0 unspecified atom stereocenters. The van der Waals surface area contributed by atoms with Gasteiger partial charge in [0.05, 0.1) is 0 Å². The molecule has 0 fully saturated rings. The van der Waals surface area contributed by atoms with E-state index < -0.39 is 0 Å². The summed E-state index contributed by atoms with van der Waals surface area (Å²) in [5.74, 6) is 0.271. The van der Waals surface area contributed by atoms with Gasteiger partial charge in [-0.1, -0.05) is 13.8 Å². The molecule has 1 amide bonds. The summed E-state index contributed by atoms with van der Waals surface area (Å²) >= 11 is 0. The summed E-state index contributed by atoms with van der Waals surface area (Å²) in [5.41, 5.74) is 0. The van der Waals surface area contributed by atoms with E-state index in [0.717, 1.165) is 25.9 Å². The van der Waals surface area contributed by atoms with Gasteiger partial charge in [-0.2, -0.15) is 5.10 Å². The Bertz CT molecular complexity index is 282. The quantitative estimate of drug-likeness (QED) is 0.720. The van der Waals surface area contributed by atoms with Crippen molar-refractivity contribution in [3.63, 3.8) is 0 Å². The molecule has 1 heterocycles. The van der Waals surface area contributed by atoms with Gasteiger partial charge in [0.15, 0.2) is 0 Å². The van der Waals surface area contributed by atoms with Gasteiger partial charge in [0, 0.05) is 31.4 Å². The fourth-order valence-electron chi connectivity index (χ4n) is 1.24. The molecule has 0 radical (unpaired) electrons. The maximum Gasteiger partial charge on any atom is 0.222 e. The summed E-state index contributed by atoms with van der Waals surface area (Å²) in [4.78, 5) is 11.4. The third-order valence-electron chi connectivity index (χ3n) is 2.48. The Kier molecular flexibility index (Phi) is 4.87. The van der Waals surface area contributed by atoms with E-state index in [4.69, 9.17) is 0 Å². The molecule has 0 aliphatic heterocycles. The zero-order valence-corrected chi connectivity index (χ0v) is 9.44. The molecule has 4 nitrogen and oxygen atoms in total. The van der Waals surface area contributed by atoms with Crippen LogP contribution in [-0.2, 0) is 11.3 Å². The average molecular weight is 209 g/mol. The summed E-state index contributed by atoms with van der Waals surface area (Å²) in [6.07, 6.45) is 5.50. The Hall–Kier alpha value is -1.32. The lowest BCUT2D eigenvalue weighted by Gasteiger charge is -2.09. The molecule has 0 aliphatic carbocycles. The smallest absolute Gasteiger partial charge is 0.222 e. The number of nitrogens with one attached hydrogen (secondary N) is 1. The number of hydrogen-bond acceptors (Lipinski definition) is 2. The minimum absolute atomic E-state index is 0.120. The number of aryl methyl sites for hydroxylation is 1. The average Bonchev–Trinajstić information content (AvgIpc) is 2.75. The maximum absolute atomic E-state index is 11.4. The van der Waals surface area contributed by atoms with Gasteiger partial charge in [0.25, 0.3) is 0 Å². The van der Waals surface area contributed by atoms with Crippen molar-refractivity contribution in [2.75, 3.05) is 6.54 Å². The van der Waals surface area contributed by atoms with Crippen LogP contribution >= 0.6 is 0 Å². The van der Waals surface area contributed by atoms with E-state index >= 15 is 0 Å². The van der Waals surface area contributed by atoms with Gasteiger partial charge in [0.1, 0.15) is 0 Å². The molecule has 0 aliphatic rings. The molecule has 1 aromatic rings. The van der Waals surface area contributed by atoms with Gasteiger partial charge in [-0.3, -0.25) is 9.48 Å². The number of amides is 1. The molecule has 1 aromatic heterocycles. The highest BCUT2D eigenvalue weighted by Gasteiger charge is 2.08. The second-order valence-corrected chi connectivity index (χ2v) is 3.72. The number of carbonyl (C=O) groups is 1. The molecule has 84 valence electrons. The number of rotatable bonds is 6. The number of carbonyl (C=O) groups excluding carboxylic acids is 1. The highest BCUT2D eigenvalue weighted by molar-refractivity contribution is 5.78. The first-order valence-electron chi connectivity index (χ1n) is 5.49. The molecular formula is C11H19N3O. The first-order chi connectivity index (χ1) is 7.24. The molecule has 0 saturated heterocycles. The largest absolute Gasteiger partial charge is 0.356 e. The summed E-state index contributed by atoms with van der Waals surface area (Å²) in [6, 6.07) is 1.90. The maximum atomic E-state index is 11.4. The van der Waals surface area contributed by atoms with E-state index in [1.807, 2.05) is 30.8 Å². The zero-order chi connectivity index (χ0) is 11.1. The highest BCUT2D eigenvalue weighted by atomic mass is 16.1. The number of hydrogen-bond donors (Lipinski definition) is 1. The van der Waals surface area contributed by atoms with Crippen LogP contribution in [0.25, 0.3) is 0 Å². The fraction of sp³-hybridized carbons (Fsp3) is 0.636. The third-order valence-corrected chi connectivity index (χ3v) is 2.48. The van der Waals surface area contributed by atoms with Crippen LogP contribution in [0.5, 0.6) is 0 Å². The Morgan fingerprint density at radius 1 is 1.60 bits per heavy atom. The van der Waals surface area contributed by atoms with E-state index in [-0.39, 0.29) is 11.8 Å². The third kappa shape index (κ3) is 4.14. The van der Waals surface area contributed by atoms with E-state index in [1.165, 1.54) is 0 Å². The second-order valence-electron chi connectivity index (χ2n) is 3.72. The van der Waals surface area contributed by atoms with Gasteiger partial charge < -0.3 is 5.32 Å². The lowest BCUT2D eigenvalue weighted by atomic mass is 10.1. The van der Waals surface area contributed by atoms with Crippen LogP contribution in [0.1, 0.15) is 26.7 Å². The van der Waals surface area contributed by atoms with E-state index in [1.54, 1.807) is 6.20 Å². The van der Waals surface area contributed by atoms with Crippen molar-refractivity contribution in [3.05, 3.63) is 18.5 Å². The van der Waals surface area contributed by atoms with Crippen LogP contribution in [-0.4, -0.2) is 22.2 Å². The molecule has 0 spiro atoms. The van der Waals surface area contributed by atoms with Crippen LogP contribution < -0.4 is 5.32 Å². The van der Waals surface area contributed by atoms with Crippen molar-refractivity contribution in [2.45, 2.75) is 33.2 Å². The van der Waals surface area contributed by atoms with Crippen molar-refractivity contribution in [1.82, 2.24) is 15.1 Å². The van der Waals surface area contributed by atoms with E-state index in [0.29, 0.717) is 0 Å². The van der Waals surface area contributed by atoms with Gasteiger partial charge in [0.2, 0.25) is 5.91 Å². The minimum Gasteiger partial charge on any atom is -0.356 e. The normalized spacial score (nSPS) is 12.4. The standard InChI is InChI=1S/C11H19N3O/c1-3-10(2)11(15)12-6-4-8-14-9-5-7-13-14/h5,7,9-10H,3-4,6,8H2,1-2H3,(H,12,15)/t10-/m0/s1. The molecule has 1 atom stereocenters. The van der Waals surface area contributed by atoms with Gasteiger partial charge in [-0.15, -0.1) is 0 Å². The summed E-state index contributed by atoms with van der Waals surface area (Å²) in [7, 11) is 0. The van der Waals surface area contributed by atoms with Crippen molar-refractivity contribution in [1.29, 1.82) is 0 Å². The Morgan fingerprint density at radius 3 is 3.00 bits per heavy atom. The summed E-state index contributed by atoms with van der Waals surface area (Å²) in [6.45, 7) is 5.55. The Labute approximate surface area is 90.7 Å². The summed E-state index contributed by atoms with van der Waals surface area (Å²) < 4.78 is 1.87. The SMILES string of the molecule is CC[C@H](C)C(=O)NCCCn1cccn1. The van der Waals surface area contributed by atoms with E-state index in [9.17, 15) is 4.79 Å². The van der Waals surface area contributed by atoms with Crippen LogP contribution in [0.3, 0.4) is 0 Å². The highest BCUT2D eigenvalue weighted by Crippen LogP contribution is 1.99. The number of aromatic nitrogens is 2. The van der Waals surface area contributed by atoms with Crippen LogP contribution in [0.15, 0.2) is 18.5 Å². The van der Waals surface area contributed by atoms with Gasteiger partial charge >= 0.3 is 0 Å². The second kappa shape index (κ2) is 6.22. The van der Waals surface area contributed by atoms with Gasteiger partial charge in [-0.25, -0.2) is 0 Å². The van der Waals surface area contributed by atoms with Crippen molar-refractivity contribution < 1.29 is 4.79 Å². The summed E-state index contributed by atoms with van der Waals surface area (Å²) in [5, 5.41) is 7.00. The Balaban J connectivity index is 2.09. The molecular weight excluding hydrogens is 190 g/mol. The minimum atomic E-state index is 0.120. The van der Waals surface area contributed by atoms with Crippen LogP contribution in [0, 0.1) is 5.92 Å². The molecule has 0 saturated carbocycles. The van der Waals surface area contributed by atoms with E-state index in [2.05, 4.69) is 10.4 Å². The molecule has 0 bridgehead atoms. The van der Waals surface area contributed by atoms with Gasteiger partial charge in [-0.05, 0) is 18.9 Å². The van der Waals surface area contributed by atoms with Crippen LogP contribution in [0.2, 0.25) is 0 Å². The van der Waals surface area contributed by atoms with Crippen molar-refractivity contribution in [2.24, 2.45) is 5.92 Å². The lowest BCUT2D eigenvalue weighted by molar-refractivity contribution is -0.124. The molecule has 0 aromatic carbocycles. The molecule has 15 heavy (non-hydrogen) atoms. The number of nitrogens with zero attached hydrogens (tertiary/aromatic N) is 2. The fourth-order valence-corrected chi connectivity index (χ4v) is 1.24. The van der Waals surface area contributed by atoms with Crippen molar-refractivity contribution in [3.8, 4) is 0 Å². The lowest BCUT2D eigenvalue weighted by Crippen LogP contribution is -2.30. The topological polar surface area (TPSA) is 46.9 Å². The monoisotopic (exact) mass is 209 g/mol. The molecule has 4 heteroatoms. The first-order valence-corrected chi connectivity index (χ1v) is 5.49. The first kappa shape index (κ1) is 11.8. The molecule has 1 rings (SSSR count). The van der Waals surface area contributed by atoms with Crippen molar-refractivity contribution >= 4 is 5.91 Å². The predicted octanol–water partition coefficient (Wildman–Crippen LogP) is 1.44. The zero-order valence-electron chi connectivity index (χ0n) is 9.44. The predicted molar refractivity (Wildman–Crippen MR) is 59.3 cm³/mol. The van der Waals surface area contributed by atoms with Crippen LogP contribution in [0.4, 0.5) is 0 Å². The molecule has 1 N–H and O–H groups in total. The Morgan fingerprint density at radius 2 is 2.40 bits per heavy atom.